The number of alkyl halides is 1. The number of methoxy groups -OCH3 is 1. The molecule has 1 rings (SSSR count). The molecule has 0 bridgehead atoms. The van der Waals surface area contributed by atoms with Crippen LogP contribution in [-0.4, -0.2) is 33.5 Å². The molecule has 0 fully saturated rings. The number of halogens is 3. The van der Waals surface area contributed by atoms with Gasteiger partial charge in [0.15, 0.2) is 0 Å². The summed E-state index contributed by atoms with van der Waals surface area (Å²) in [7, 11) is -2.13. The number of hydrogen-bond donors (Lipinski definition) is 1. The van der Waals surface area contributed by atoms with E-state index in [1.807, 2.05) is 0 Å². The summed E-state index contributed by atoms with van der Waals surface area (Å²) < 4.78 is 32.8. The van der Waals surface area contributed by atoms with Gasteiger partial charge in [-0.1, -0.05) is 43.5 Å². The van der Waals surface area contributed by atoms with Gasteiger partial charge < -0.3 is 4.74 Å². The fourth-order valence-electron chi connectivity index (χ4n) is 1.49. The average molecular weight is 436 g/mol. The zero-order chi connectivity index (χ0) is 14.5. The maximum atomic E-state index is 12.2. The Morgan fingerprint density at radius 1 is 1.47 bits per heavy atom. The Hall–Kier alpha value is 0.340. The third-order valence-electron chi connectivity index (χ3n) is 2.33. The molecule has 0 saturated carbocycles. The van der Waals surface area contributed by atoms with Gasteiger partial charge in [0.25, 0.3) is 0 Å². The summed E-state index contributed by atoms with van der Waals surface area (Å²) in [5.74, 6) is 0. The molecular formula is C11H14Br2ClNO3S. The molecule has 1 atom stereocenters. The van der Waals surface area contributed by atoms with E-state index in [4.69, 9.17) is 16.3 Å². The second-order valence-electron chi connectivity index (χ2n) is 3.83. The summed E-state index contributed by atoms with van der Waals surface area (Å²) in [5, 5.41) is 0.856. The van der Waals surface area contributed by atoms with Crippen LogP contribution in [-0.2, 0) is 14.8 Å². The third kappa shape index (κ3) is 5.32. The standard InChI is InChI=1S/C11H14Br2ClNO3S/c1-18-7-9(4-5-12)15-19(16,17)11-3-2-8(13)6-10(11)14/h2-3,6,9,15H,4-5,7H2,1H3. The first-order valence-electron chi connectivity index (χ1n) is 5.43. The fourth-order valence-corrected chi connectivity index (χ4v) is 4.33. The minimum absolute atomic E-state index is 0.0630. The number of benzene rings is 1. The van der Waals surface area contributed by atoms with Crippen molar-refractivity contribution in [3.63, 3.8) is 0 Å². The highest BCUT2D eigenvalue weighted by atomic mass is 79.9. The minimum atomic E-state index is -3.65. The summed E-state index contributed by atoms with van der Waals surface area (Å²) in [5.41, 5.74) is 0. The normalized spacial score (nSPS) is 13.5. The van der Waals surface area contributed by atoms with E-state index in [0.29, 0.717) is 18.4 Å². The van der Waals surface area contributed by atoms with E-state index in [9.17, 15) is 8.42 Å². The quantitative estimate of drug-likeness (QED) is 0.670. The molecule has 108 valence electrons. The number of hydrogen-bond acceptors (Lipinski definition) is 3. The molecule has 0 aromatic heterocycles. The Kier molecular flexibility index (Phi) is 7.28. The van der Waals surface area contributed by atoms with Crippen LogP contribution in [0.2, 0.25) is 5.02 Å². The van der Waals surface area contributed by atoms with E-state index < -0.39 is 10.0 Å². The predicted octanol–water partition coefficient (Wildman–Crippen LogP) is 3.18. The molecule has 4 nitrogen and oxygen atoms in total. The molecule has 1 N–H and O–H groups in total. The monoisotopic (exact) mass is 433 g/mol. The van der Waals surface area contributed by atoms with Crippen LogP contribution in [0.3, 0.4) is 0 Å². The molecule has 1 unspecified atom stereocenters. The zero-order valence-corrected chi connectivity index (χ0v) is 14.9. The highest BCUT2D eigenvalue weighted by Crippen LogP contribution is 2.25. The van der Waals surface area contributed by atoms with E-state index >= 15 is 0 Å². The van der Waals surface area contributed by atoms with Crippen molar-refractivity contribution >= 4 is 53.5 Å². The van der Waals surface area contributed by atoms with Crippen LogP contribution >= 0.6 is 43.5 Å². The Morgan fingerprint density at radius 2 is 2.16 bits per heavy atom. The second-order valence-corrected chi connectivity index (χ2v) is 7.62. The largest absolute Gasteiger partial charge is 0.383 e. The number of rotatable bonds is 7. The lowest BCUT2D eigenvalue weighted by molar-refractivity contribution is 0.173. The topological polar surface area (TPSA) is 55.4 Å². The predicted molar refractivity (Wildman–Crippen MR) is 83.5 cm³/mol. The van der Waals surface area contributed by atoms with Crippen molar-refractivity contribution in [3.8, 4) is 0 Å². The van der Waals surface area contributed by atoms with E-state index in [2.05, 4.69) is 36.6 Å². The SMILES string of the molecule is COCC(CCBr)NS(=O)(=O)c1ccc(Br)cc1Cl. The lowest BCUT2D eigenvalue weighted by Crippen LogP contribution is -2.38. The molecule has 0 spiro atoms. The maximum Gasteiger partial charge on any atom is 0.242 e. The first-order valence-corrected chi connectivity index (χ1v) is 9.20. The van der Waals surface area contributed by atoms with Crippen molar-refractivity contribution in [3.05, 3.63) is 27.7 Å². The van der Waals surface area contributed by atoms with Crippen molar-refractivity contribution in [2.75, 3.05) is 19.0 Å². The highest BCUT2D eigenvalue weighted by molar-refractivity contribution is 9.10. The summed E-state index contributed by atoms with van der Waals surface area (Å²) in [6, 6.07) is 4.35. The molecule has 0 radical (unpaired) electrons. The summed E-state index contributed by atoms with van der Waals surface area (Å²) >= 11 is 12.5. The van der Waals surface area contributed by atoms with Gasteiger partial charge in [-0.05, 0) is 24.6 Å². The first kappa shape index (κ1) is 17.4. The van der Waals surface area contributed by atoms with Gasteiger partial charge >= 0.3 is 0 Å². The summed E-state index contributed by atoms with van der Waals surface area (Å²) in [6.07, 6.45) is 0.626. The van der Waals surface area contributed by atoms with Crippen LogP contribution in [0.25, 0.3) is 0 Å². The van der Waals surface area contributed by atoms with Crippen LogP contribution in [0, 0.1) is 0 Å². The molecule has 0 aliphatic rings. The molecule has 8 heteroatoms. The number of ether oxygens (including phenoxy) is 1. The van der Waals surface area contributed by atoms with Gasteiger partial charge in [0, 0.05) is 23.0 Å². The molecule has 0 aliphatic heterocycles. The zero-order valence-electron chi connectivity index (χ0n) is 10.2. The van der Waals surface area contributed by atoms with Crippen LogP contribution in [0.15, 0.2) is 27.6 Å². The van der Waals surface area contributed by atoms with Gasteiger partial charge in [0.1, 0.15) is 4.90 Å². The molecular weight excluding hydrogens is 421 g/mol. The smallest absolute Gasteiger partial charge is 0.242 e. The van der Waals surface area contributed by atoms with Gasteiger partial charge in [0.05, 0.1) is 11.6 Å². The minimum Gasteiger partial charge on any atom is -0.383 e. The first-order chi connectivity index (χ1) is 8.90. The molecule has 1 aromatic rings. The Balaban J connectivity index is 2.96. The Bertz CT molecular complexity index is 519. The van der Waals surface area contributed by atoms with E-state index in [1.54, 1.807) is 12.1 Å². The van der Waals surface area contributed by atoms with Gasteiger partial charge in [-0.2, -0.15) is 0 Å². The van der Waals surface area contributed by atoms with E-state index in [0.717, 1.165) is 4.47 Å². The average Bonchev–Trinajstić information content (AvgIpc) is 2.28. The molecule has 1 aromatic carbocycles. The third-order valence-corrected chi connectivity index (χ3v) is 5.29. The van der Waals surface area contributed by atoms with Crippen molar-refractivity contribution < 1.29 is 13.2 Å². The Morgan fingerprint density at radius 3 is 2.68 bits per heavy atom. The van der Waals surface area contributed by atoms with Gasteiger partial charge in [-0.25, -0.2) is 13.1 Å². The van der Waals surface area contributed by atoms with Gasteiger partial charge in [0.2, 0.25) is 10.0 Å². The van der Waals surface area contributed by atoms with Crippen LogP contribution in [0.4, 0.5) is 0 Å². The van der Waals surface area contributed by atoms with E-state index in [1.165, 1.54) is 13.2 Å². The van der Waals surface area contributed by atoms with Crippen molar-refractivity contribution in [2.24, 2.45) is 0 Å². The van der Waals surface area contributed by atoms with Crippen molar-refractivity contribution in [1.29, 1.82) is 0 Å². The van der Waals surface area contributed by atoms with Crippen molar-refractivity contribution in [2.45, 2.75) is 17.4 Å². The van der Waals surface area contributed by atoms with Crippen LogP contribution < -0.4 is 4.72 Å². The molecule has 0 saturated heterocycles. The number of nitrogens with one attached hydrogen (secondary N) is 1. The fraction of sp³-hybridized carbons (Fsp3) is 0.455. The van der Waals surface area contributed by atoms with Crippen molar-refractivity contribution in [1.82, 2.24) is 4.72 Å². The molecule has 0 aliphatic carbocycles. The molecule has 0 amide bonds. The molecule has 19 heavy (non-hydrogen) atoms. The van der Waals surface area contributed by atoms with E-state index in [-0.39, 0.29) is 16.0 Å². The van der Waals surface area contributed by atoms with Gasteiger partial charge in [-0.3, -0.25) is 0 Å². The van der Waals surface area contributed by atoms with Gasteiger partial charge in [-0.15, -0.1) is 0 Å². The highest BCUT2D eigenvalue weighted by Gasteiger charge is 2.22. The molecule has 0 heterocycles. The summed E-state index contributed by atoms with van der Waals surface area (Å²) in [4.78, 5) is 0.0630. The Labute approximate surface area is 135 Å². The van der Waals surface area contributed by atoms with Crippen LogP contribution in [0.5, 0.6) is 0 Å². The lowest BCUT2D eigenvalue weighted by atomic mass is 10.3. The second kappa shape index (κ2) is 7.95. The number of sulfonamides is 1. The summed E-state index contributed by atoms with van der Waals surface area (Å²) in [6.45, 7) is 0.305. The lowest BCUT2D eigenvalue weighted by Gasteiger charge is -2.17. The van der Waals surface area contributed by atoms with Crippen LogP contribution in [0.1, 0.15) is 6.42 Å². The maximum absolute atomic E-state index is 12.2.